The lowest BCUT2D eigenvalue weighted by atomic mass is 10.0. The highest BCUT2D eigenvalue weighted by Gasteiger charge is 2.18. The lowest BCUT2D eigenvalue weighted by molar-refractivity contribution is -0.386. The number of carbonyl (C=O) groups excluding carboxylic acids is 1. The minimum atomic E-state index is -0.485. The van der Waals surface area contributed by atoms with Gasteiger partial charge in [0.15, 0.2) is 5.75 Å². The Kier molecular flexibility index (Phi) is 6.87. The van der Waals surface area contributed by atoms with Gasteiger partial charge in [0, 0.05) is 6.07 Å². The molecule has 0 saturated heterocycles. The fraction of sp³-hybridized carbons (Fsp3) is 0.208. The summed E-state index contributed by atoms with van der Waals surface area (Å²) in [5, 5.41) is 11.4. The second-order valence-corrected chi connectivity index (χ2v) is 6.98. The zero-order valence-electron chi connectivity index (χ0n) is 17.5. The van der Waals surface area contributed by atoms with Crippen LogP contribution in [0.1, 0.15) is 31.1 Å². The molecule has 0 fully saturated rings. The maximum atomic E-state index is 12.3. The van der Waals surface area contributed by atoms with Crippen LogP contribution >= 0.6 is 0 Å². The molecule has 0 N–H and O–H groups in total. The van der Waals surface area contributed by atoms with Gasteiger partial charge in [0.25, 0.3) is 0 Å². The van der Waals surface area contributed by atoms with E-state index in [1.807, 2.05) is 20.8 Å². The number of benzene rings is 3. The minimum Gasteiger partial charge on any atom is -0.494 e. The fourth-order valence-corrected chi connectivity index (χ4v) is 2.93. The highest BCUT2D eigenvalue weighted by atomic mass is 16.6. The summed E-state index contributed by atoms with van der Waals surface area (Å²) in [5.74, 6) is 0.797. The number of esters is 1. The molecule has 0 aromatic heterocycles. The molecule has 7 nitrogen and oxygen atoms in total. The van der Waals surface area contributed by atoms with Crippen molar-refractivity contribution in [1.29, 1.82) is 0 Å². The van der Waals surface area contributed by atoms with E-state index in [1.165, 1.54) is 6.07 Å². The maximum Gasteiger partial charge on any atom is 0.343 e. The van der Waals surface area contributed by atoms with Crippen molar-refractivity contribution in [3.05, 3.63) is 82.4 Å². The van der Waals surface area contributed by atoms with Gasteiger partial charge in [-0.1, -0.05) is 18.2 Å². The predicted molar refractivity (Wildman–Crippen MR) is 117 cm³/mol. The number of carbonyl (C=O) groups is 1. The summed E-state index contributed by atoms with van der Waals surface area (Å²) in [6.07, 6.45) is -0.172. The van der Waals surface area contributed by atoms with E-state index in [1.54, 1.807) is 60.7 Å². The third-order valence-electron chi connectivity index (χ3n) is 4.32. The van der Waals surface area contributed by atoms with E-state index in [9.17, 15) is 14.9 Å². The molecule has 0 unspecified atom stereocenters. The van der Waals surface area contributed by atoms with Gasteiger partial charge < -0.3 is 14.2 Å². The number of ether oxygens (including phenoxy) is 3. The van der Waals surface area contributed by atoms with Gasteiger partial charge in [-0.2, -0.15) is 0 Å². The molecule has 0 heterocycles. The third-order valence-corrected chi connectivity index (χ3v) is 4.32. The van der Waals surface area contributed by atoms with Crippen LogP contribution in [0.4, 0.5) is 5.69 Å². The molecule has 0 saturated carbocycles. The van der Waals surface area contributed by atoms with E-state index in [0.29, 0.717) is 29.2 Å². The molecular formula is C24H23NO6. The molecule has 0 atom stereocenters. The molecule has 0 aliphatic heterocycles. The van der Waals surface area contributed by atoms with Crippen LogP contribution in [0.5, 0.6) is 17.2 Å². The Balaban J connectivity index is 1.74. The summed E-state index contributed by atoms with van der Waals surface area (Å²) in [6, 6.07) is 18.3. The monoisotopic (exact) mass is 421 g/mol. The van der Waals surface area contributed by atoms with E-state index in [0.717, 1.165) is 5.56 Å². The molecule has 3 rings (SSSR count). The Morgan fingerprint density at radius 1 is 0.935 bits per heavy atom. The summed E-state index contributed by atoms with van der Waals surface area (Å²) in [4.78, 5) is 23.3. The SMILES string of the molecule is CCOc1ccc(C(=O)Oc2ccc(-c3ccc(OC(C)C)c([N+](=O)[O-])c3)cc2)cc1. The van der Waals surface area contributed by atoms with E-state index in [-0.39, 0.29) is 17.5 Å². The second-order valence-electron chi connectivity index (χ2n) is 6.98. The summed E-state index contributed by atoms with van der Waals surface area (Å²) in [5.41, 5.74) is 1.72. The zero-order chi connectivity index (χ0) is 22.4. The van der Waals surface area contributed by atoms with Gasteiger partial charge in [-0.25, -0.2) is 4.79 Å². The van der Waals surface area contributed by atoms with Crippen molar-refractivity contribution in [3.63, 3.8) is 0 Å². The smallest absolute Gasteiger partial charge is 0.343 e. The molecule has 3 aromatic rings. The number of nitrogens with zero attached hydrogens (tertiary/aromatic N) is 1. The van der Waals surface area contributed by atoms with Crippen LogP contribution in [0.3, 0.4) is 0 Å². The second kappa shape index (κ2) is 9.75. The standard InChI is InChI=1S/C24H23NO6/c1-4-29-20-10-7-18(8-11-20)24(26)31-21-12-5-17(6-13-21)19-9-14-23(30-16(2)3)22(15-19)25(27)28/h5-16H,4H2,1-3H3. The number of hydrogen-bond acceptors (Lipinski definition) is 6. The zero-order valence-corrected chi connectivity index (χ0v) is 17.5. The lowest BCUT2D eigenvalue weighted by Crippen LogP contribution is -2.08. The first-order chi connectivity index (χ1) is 14.9. The largest absolute Gasteiger partial charge is 0.494 e. The van der Waals surface area contributed by atoms with Crippen LogP contribution in [-0.2, 0) is 0 Å². The highest BCUT2D eigenvalue weighted by Crippen LogP contribution is 2.33. The fourth-order valence-electron chi connectivity index (χ4n) is 2.93. The molecule has 3 aromatic carbocycles. The first kappa shape index (κ1) is 21.8. The Hall–Kier alpha value is -3.87. The van der Waals surface area contributed by atoms with Crippen LogP contribution in [0.15, 0.2) is 66.7 Å². The van der Waals surface area contributed by atoms with E-state index >= 15 is 0 Å². The number of hydrogen-bond donors (Lipinski definition) is 0. The molecule has 7 heteroatoms. The van der Waals surface area contributed by atoms with Gasteiger partial charge in [-0.05, 0) is 74.4 Å². The highest BCUT2D eigenvalue weighted by molar-refractivity contribution is 5.91. The normalized spacial score (nSPS) is 10.6. The van der Waals surface area contributed by atoms with Gasteiger partial charge in [-0.15, -0.1) is 0 Å². The first-order valence-electron chi connectivity index (χ1n) is 9.88. The molecule has 160 valence electrons. The summed E-state index contributed by atoms with van der Waals surface area (Å²) >= 11 is 0. The van der Waals surface area contributed by atoms with Crippen LogP contribution < -0.4 is 14.2 Å². The predicted octanol–water partition coefficient (Wildman–Crippen LogP) is 5.67. The molecule has 0 bridgehead atoms. The first-order valence-corrected chi connectivity index (χ1v) is 9.88. The lowest BCUT2D eigenvalue weighted by Gasteiger charge is -2.11. The molecule has 0 radical (unpaired) electrons. The van der Waals surface area contributed by atoms with E-state index < -0.39 is 10.9 Å². The van der Waals surface area contributed by atoms with E-state index in [4.69, 9.17) is 14.2 Å². The Bertz CT molecular complexity index is 1060. The molecular weight excluding hydrogens is 398 g/mol. The minimum absolute atomic E-state index is 0.0998. The van der Waals surface area contributed by atoms with Gasteiger partial charge in [0.2, 0.25) is 0 Å². The average molecular weight is 421 g/mol. The van der Waals surface area contributed by atoms with Crippen molar-refractivity contribution in [2.45, 2.75) is 26.9 Å². The third kappa shape index (κ3) is 5.60. The van der Waals surface area contributed by atoms with Gasteiger partial charge >= 0.3 is 11.7 Å². The summed E-state index contributed by atoms with van der Waals surface area (Å²) in [6.45, 7) is 6.06. The van der Waals surface area contributed by atoms with Gasteiger partial charge in [0.1, 0.15) is 11.5 Å². The Morgan fingerprint density at radius 2 is 1.55 bits per heavy atom. The van der Waals surface area contributed by atoms with Gasteiger partial charge in [0.05, 0.1) is 23.2 Å². The Labute approximate surface area is 180 Å². The molecule has 31 heavy (non-hydrogen) atoms. The molecule has 0 aliphatic rings. The van der Waals surface area contributed by atoms with Gasteiger partial charge in [-0.3, -0.25) is 10.1 Å². The van der Waals surface area contributed by atoms with Crippen LogP contribution in [-0.4, -0.2) is 23.6 Å². The average Bonchev–Trinajstić information content (AvgIpc) is 2.75. The van der Waals surface area contributed by atoms with Crippen molar-refractivity contribution in [2.75, 3.05) is 6.61 Å². The molecule has 0 aliphatic carbocycles. The van der Waals surface area contributed by atoms with Crippen LogP contribution in [0.25, 0.3) is 11.1 Å². The summed E-state index contributed by atoms with van der Waals surface area (Å²) in [7, 11) is 0. The Morgan fingerprint density at radius 3 is 2.13 bits per heavy atom. The summed E-state index contributed by atoms with van der Waals surface area (Å²) < 4.78 is 16.3. The van der Waals surface area contributed by atoms with Crippen molar-refractivity contribution < 1.29 is 23.9 Å². The molecule has 0 amide bonds. The number of nitro groups is 1. The van der Waals surface area contributed by atoms with Crippen LogP contribution in [0.2, 0.25) is 0 Å². The van der Waals surface area contributed by atoms with Crippen molar-refractivity contribution in [1.82, 2.24) is 0 Å². The topological polar surface area (TPSA) is 87.9 Å². The van der Waals surface area contributed by atoms with Crippen molar-refractivity contribution in [2.24, 2.45) is 0 Å². The number of nitro benzene ring substituents is 1. The van der Waals surface area contributed by atoms with E-state index in [2.05, 4.69) is 0 Å². The molecule has 0 spiro atoms. The van der Waals surface area contributed by atoms with Crippen LogP contribution in [0, 0.1) is 10.1 Å². The van der Waals surface area contributed by atoms with Crippen molar-refractivity contribution >= 4 is 11.7 Å². The quantitative estimate of drug-likeness (QED) is 0.202. The number of rotatable bonds is 8. The maximum absolute atomic E-state index is 12.3. The van der Waals surface area contributed by atoms with Crippen molar-refractivity contribution in [3.8, 4) is 28.4 Å².